The summed E-state index contributed by atoms with van der Waals surface area (Å²) in [5.41, 5.74) is 10.7. The Bertz CT molecular complexity index is 320. The first-order valence-corrected chi connectivity index (χ1v) is 6.60. The molecular formula is C12H26N5O4Zn+. The van der Waals surface area contributed by atoms with Crippen LogP contribution in [0.3, 0.4) is 0 Å². The number of nitrogens with one attached hydrogen (secondary N) is 2. The fraction of sp³-hybridized carbons (Fsp3) is 0.750. The molecule has 124 valence electrons. The molecule has 0 aliphatic carbocycles. The van der Waals surface area contributed by atoms with Gasteiger partial charge < -0.3 is 36.7 Å². The molecule has 10 heteroatoms. The molecule has 0 heterocycles. The van der Waals surface area contributed by atoms with E-state index in [1.807, 2.05) is 6.92 Å². The van der Waals surface area contributed by atoms with Crippen LogP contribution in [0.15, 0.2) is 4.99 Å². The molecule has 0 aromatic rings. The van der Waals surface area contributed by atoms with E-state index >= 15 is 0 Å². The molecule has 0 rings (SSSR count). The zero-order valence-electron chi connectivity index (χ0n) is 13.4. The largest absolute Gasteiger partial charge is 2.00 e. The summed E-state index contributed by atoms with van der Waals surface area (Å²) in [7, 11) is 3.50. The van der Waals surface area contributed by atoms with E-state index in [1.165, 1.54) is 0 Å². The van der Waals surface area contributed by atoms with Crippen molar-refractivity contribution < 1.29 is 38.9 Å². The van der Waals surface area contributed by atoms with Crippen molar-refractivity contribution in [3.8, 4) is 0 Å². The van der Waals surface area contributed by atoms with Gasteiger partial charge in [0.25, 0.3) is 0 Å². The molecule has 0 saturated carbocycles. The number of ether oxygens (including phenoxy) is 2. The van der Waals surface area contributed by atoms with Crippen molar-refractivity contribution in [2.24, 2.45) is 22.4 Å². The van der Waals surface area contributed by atoms with Gasteiger partial charge in [-0.25, -0.2) is 0 Å². The molecule has 0 aromatic heterocycles. The third kappa shape index (κ3) is 7.19. The Labute approximate surface area is 143 Å². The van der Waals surface area contributed by atoms with Gasteiger partial charge in [-0.3, -0.25) is 9.79 Å². The zero-order valence-corrected chi connectivity index (χ0v) is 16.3. The summed E-state index contributed by atoms with van der Waals surface area (Å²) < 4.78 is 9.76. The SMILES string of the molecule is C=NC(C(=O)O[CH-]N)C(N)OC(O)C(CC)C(NC)NC.[Zn+2]. The minimum Gasteiger partial charge on any atom is -0.621 e. The van der Waals surface area contributed by atoms with E-state index in [0.717, 1.165) is 6.73 Å². The van der Waals surface area contributed by atoms with E-state index in [2.05, 4.69) is 27.1 Å². The Hall–Kier alpha value is -0.477. The number of hydrogen-bond donors (Lipinski definition) is 5. The molecule has 0 aliphatic heterocycles. The van der Waals surface area contributed by atoms with Gasteiger partial charge >= 0.3 is 25.4 Å². The number of nitrogens with two attached hydrogens (primary N) is 2. The van der Waals surface area contributed by atoms with Gasteiger partial charge in [0.05, 0.1) is 6.17 Å². The second kappa shape index (κ2) is 13.0. The molecule has 0 bridgehead atoms. The summed E-state index contributed by atoms with van der Waals surface area (Å²) >= 11 is 0. The van der Waals surface area contributed by atoms with Crippen LogP contribution in [0.25, 0.3) is 0 Å². The molecule has 0 spiro atoms. The Morgan fingerprint density at radius 3 is 2.36 bits per heavy atom. The van der Waals surface area contributed by atoms with Crippen LogP contribution in [0.2, 0.25) is 0 Å². The van der Waals surface area contributed by atoms with Crippen LogP contribution in [-0.2, 0) is 33.7 Å². The molecule has 0 aromatic carbocycles. The number of carbonyl (C=O) groups is 1. The minimum absolute atomic E-state index is 0. The van der Waals surface area contributed by atoms with Crippen LogP contribution in [0.1, 0.15) is 13.3 Å². The zero-order chi connectivity index (χ0) is 16.4. The first-order chi connectivity index (χ1) is 9.96. The van der Waals surface area contributed by atoms with E-state index in [4.69, 9.17) is 16.2 Å². The number of aliphatic imine (C=N–C) groups is 1. The molecule has 22 heavy (non-hydrogen) atoms. The van der Waals surface area contributed by atoms with Crippen LogP contribution >= 0.6 is 0 Å². The van der Waals surface area contributed by atoms with E-state index in [1.54, 1.807) is 14.1 Å². The standard InChI is InChI=1S/C12H26N5O4.Zn/c1-5-7(10(16-3)17-4)11(18)21-9(14)8(15-2)12(19)20-6-13;/h6-11,16-18H,2,5,13-14H2,1,3-4H3;/q-1;+2. The molecule has 9 nitrogen and oxygen atoms in total. The number of esters is 1. The van der Waals surface area contributed by atoms with Crippen molar-refractivity contribution in [2.45, 2.75) is 38.1 Å². The van der Waals surface area contributed by atoms with Gasteiger partial charge in [-0.15, -0.1) is 6.73 Å². The van der Waals surface area contributed by atoms with Crippen molar-refractivity contribution in [3.63, 3.8) is 0 Å². The fourth-order valence-electron chi connectivity index (χ4n) is 1.96. The molecule has 0 amide bonds. The number of aliphatic hydroxyl groups is 1. The van der Waals surface area contributed by atoms with Crippen LogP contribution < -0.4 is 22.1 Å². The number of hydrogen-bond acceptors (Lipinski definition) is 9. The molecule has 4 unspecified atom stereocenters. The summed E-state index contributed by atoms with van der Waals surface area (Å²) in [5.74, 6) is -1.09. The third-order valence-electron chi connectivity index (χ3n) is 3.12. The smallest absolute Gasteiger partial charge is 0.621 e. The number of carbonyl (C=O) groups excluding carboxylic acids is 1. The van der Waals surface area contributed by atoms with E-state index < -0.39 is 24.5 Å². The van der Waals surface area contributed by atoms with Gasteiger partial charge in [0.2, 0.25) is 0 Å². The molecule has 4 atom stereocenters. The Morgan fingerprint density at radius 1 is 1.45 bits per heavy atom. The molecule has 0 saturated heterocycles. The summed E-state index contributed by atoms with van der Waals surface area (Å²) in [6.45, 7) is 5.87. The Kier molecular flexibility index (Phi) is 14.1. The Balaban J connectivity index is 0. The van der Waals surface area contributed by atoms with Gasteiger partial charge in [0.15, 0.2) is 12.3 Å². The maximum Gasteiger partial charge on any atom is 2.00 e. The molecule has 0 radical (unpaired) electrons. The second-order valence-corrected chi connectivity index (χ2v) is 4.32. The first-order valence-electron chi connectivity index (χ1n) is 6.60. The molecule has 0 aliphatic rings. The van der Waals surface area contributed by atoms with Crippen molar-refractivity contribution in [1.29, 1.82) is 0 Å². The monoisotopic (exact) mass is 368 g/mol. The van der Waals surface area contributed by atoms with Gasteiger partial charge in [0.1, 0.15) is 6.23 Å². The van der Waals surface area contributed by atoms with Gasteiger partial charge in [0, 0.05) is 5.92 Å². The van der Waals surface area contributed by atoms with Crippen LogP contribution in [-0.4, -0.2) is 56.6 Å². The number of nitrogens with zero attached hydrogens (tertiary/aromatic N) is 1. The molecule has 7 N–H and O–H groups in total. The van der Waals surface area contributed by atoms with Crippen LogP contribution in [0, 0.1) is 12.6 Å². The molecular weight excluding hydrogens is 344 g/mol. The van der Waals surface area contributed by atoms with Gasteiger partial charge in [-0.1, -0.05) is 6.92 Å². The quantitative estimate of drug-likeness (QED) is 0.0932. The first kappa shape index (κ1) is 23.8. The van der Waals surface area contributed by atoms with Gasteiger partial charge in [-0.2, -0.15) is 0 Å². The average Bonchev–Trinajstić information content (AvgIpc) is 2.45. The van der Waals surface area contributed by atoms with E-state index in [0.29, 0.717) is 6.42 Å². The van der Waals surface area contributed by atoms with Crippen molar-refractivity contribution in [2.75, 3.05) is 14.1 Å². The van der Waals surface area contributed by atoms with Crippen molar-refractivity contribution in [1.82, 2.24) is 10.6 Å². The predicted octanol–water partition coefficient (Wildman–Crippen LogP) is -1.91. The average molecular weight is 370 g/mol. The Morgan fingerprint density at radius 2 is 2.00 bits per heavy atom. The van der Waals surface area contributed by atoms with E-state index in [-0.39, 0.29) is 31.6 Å². The van der Waals surface area contributed by atoms with Crippen LogP contribution in [0.4, 0.5) is 0 Å². The second-order valence-electron chi connectivity index (χ2n) is 4.32. The van der Waals surface area contributed by atoms with Crippen molar-refractivity contribution in [3.05, 3.63) is 6.73 Å². The minimum atomic E-state index is -1.20. The summed E-state index contributed by atoms with van der Waals surface area (Å²) in [4.78, 5) is 15.1. The fourth-order valence-corrected chi connectivity index (χ4v) is 1.96. The number of aliphatic hydroxyl groups excluding tert-OH is 1. The predicted molar refractivity (Wildman–Crippen MR) is 78.7 cm³/mol. The normalized spacial score (nSPS) is 16.3. The third-order valence-corrected chi connectivity index (χ3v) is 3.12. The molecule has 0 fully saturated rings. The maximum absolute atomic E-state index is 11.5. The summed E-state index contributed by atoms with van der Waals surface area (Å²) in [5, 5.41) is 16.1. The van der Waals surface area contributed by atoms with E-state index in [9.17, 15) is 9.90 Å². The van der Waals surface area contributed by atoms with Crippen LogP contribution in [0.5, 0.6) is 0 Å². The topological polar surface area (TPSA) is 144 Å². The van der Waals surface area contributed by atoms with Crippen molar-refractivity contribution >= 4 is 12.7 Å². The number of rotatable bonds is 11. The maximum atomic E-state index is 11.5. The summed E-state index contributed by atoms with van der Waals surface area (Å²) in [6.07, 6.45) is -1.97. The summed E-state index contributed by atoms with van der Waals surface area (Å²) in [6, 6.07) is -1.18. The van der Waals surface area contributed by atoms with Gasteiger partial charge in [-0.05, 0) is 27.2 Å².